The van der Waals surface area contributed by atoms with Crippen LogP contribution in [0.25, 0.3) is 0 Å². The molecular formula is C20H31N2O2+. The van der Waals surface area contributed by atoms with E-state index in [2.05, 4.69) is 66.7 Å². The van der Waals surface area contributed by atoms with Crippen LogP contribution in [-0.2, 0) is 4.79 Å². The number of benzene rings is 1. The van der Waals surface area contributed by atoms with E-state index in [4.69, 9.17) is 0 Å². The van der Waals surface area contributed by atoms with Crippen LogP contribution in [-0.4, -0.2) is 40.1 Å². The Bertz CT molecular complexity index is 640. The normalized spacial score (nSPS) is 15.8. The van der Waals surface area contributed by atoms with Crippen LogP contribution >= 0.6 is 0 Å². The van der Waals surface area contributed by atoms with Crippen LogP contribution in [0.15, 0.2) is 18.2 Å². The van der Waals surface area contributed by atoms with Gasteiger partial charge in [0.25, 0.3) is 0 Å². The van der Waals surface area contributed by atoms with Gasteiger partial charge in [-0.3, -0.25) is 0 Å². The van der Waals surface area contributed by atoms with Crippen molar-refractivity contribution in [3.05, 3.63) is 29.3 Å². The first kappa shape index (κ1) is 18.5. The zero-order valence-corrected chi connectivity index (χ0v) is 16.1. The van der Waals surface area contributed by atoms with E-state index in [-0.39, 0.29) is 5.54 Å². The maximum absolute atomic E-state index is 12.1. The first-order valence-electron chi connectivity index (χ1n) is 8.84. The number of carbonyl (C=O) groups is 1. The van der Waals surface area contributed by atoms with E-state index >= 15 is 0 Å². The van der Waals surface area contributed by atoms with E-state index in [0.29, 0.717) is 24.2 Å². The molecule has 2 rings (SSSR count). The number of hydrogen-bond acceptors (Lipinski definition) is 2. The number of para-hydroxylation sites is 1. The lowest BCUT2D eigenvalue weighted by molar-refractivity contribution is -0.587. The summed E-state index contributed by atoms with van der Waals surface area (Å²) in [6.45, 7) is 16.3. The monoisotopic (exact) mass is 331 g/mol. The predicted octanol–water partition coefficient (Wildman–Crippen LogP) is 4.05. The average Bonchev–Trinajstić information content (AvgIpc) is 2.90. The Hall–Kier alpha value is -1.84. The molecule has 4 heteroatoms. The summed E-state index contributed by atoms with van der Waals surface area (Å²) in [7, 11) is 0. The van der Waals surface area contributed by atoms with Crippen LogP contribution in [0.4, 0.5) is 5.69 Å². The minimum Gasteiger partial charge on any atom is -0.472 e. The summed E-state index contributed by atoms with van der Waals surface area (Å²) in [5, 5.41) is 9.92. The lowest BCUT2D eigenvalue weighted by Crippen LogP contribution is -2.42. The van der Waals surface area contributed by atoms with Gasteiger partial charge in [-0.15, -0.1) is 0 Å². The standard InChI is InChI=1S/C20H30N2O2/c1-13(2)15-9-8-10-16(14(3)4)17(15)21-11-12-22(20(5,6)7)18(21)19(23)24/h8-10,13-14H,11-12H2,1-7H3/p+1. The third-order valence-electron chi connectivity index (χ3n) is 4.67. The molecule has 0 aliphatic carbocycles. The van der Waals surface area contributed by atoms with Gasteiger partial charge in [0.2, 0.25) is 0 Å². The number of hydrogen-bond donors (Lipinski definition) is 1. The van der Waals surface area contributed by atoms with E-state index in [9.17, 15) is 9.90 Å². The summed E-state index contributed by atoms with van der Waals surface area (Å²) in [4.78, 5) is 14.1. The van der Waals surface area contributed by atoms with Crippen molar-refractivity contribution in [3.8, 4) is 0 Å². The number of rotatable bonds is 4. The maximum atomic E-state index is 12.1. The van der Waals surface area contributed by atoms with Crippen LogP contribution in [0, 0.1) is 0 Å². The number of aliphatic carboxylic acids is 1. The van der Waals surface area contributed by atoms with Gasteiger partial charge in [0.15, 0.2) is 0 Å². The van der Waals surface area contributed by atoms with Crippen molar-refractivity contribution in [2.24, 2.45) is 0 Å². The number of amidine groups is 1. The Morgan fingerprint density at radius 2 is 1.62 bits per heavy atom. The molecule has 1 aromatic carbocycles. The Morgan fingerprint density at radius 3 is 2.00 bits per heavy atom. The second-order valence-corrected chi connectivity index (χ2v) is 8.20. The molecular weight excluding hydrogens is 300 g/mol. The quantitative estimate of drug-likeness (QED) is 0.847. The Morgan fingerprint density at radius 1 is 1.12 bits per heavy atom. The van der Waals surface area contributed by atoms with Gasteiger partial charge in [-0.2, -0.15) is 0 Å². The minimum atomic E-state index is -0.851. The second-order valence-electron chi connectivity index (χ2n) is 8.20. The van der Waals surface area contributed by atoms with E-state index in [1.807, 2.05) is 9.48 Å². The van der Waals surface area contributed by atoms with Crippen LogP contribution in [0.5, 0.6) is 0 Å². The fourth-order valence-electron chi connectivity index (χ4n) is 3.48. The second kappa shape index (κ2) is 6.58. The first-order chi connectivity index (χ1) is 11.1. The molecule has 0 spiro atoms. The Kier molecular flexibility index (Phi) is 5.07. The lowest BCUT2D eigenvalue weighted by Gasteiger charge is -2.23. The number of nitrogens with zero attached hydrogens (tertiary/aromatic N) is 2. The van der Waals surface area contributed by atoms with Gasteiger partial charge in [0.05, 0.1) is 5.54 Å². The van der Waals surface area contributed by atoms with Crippen molar-refractivity contribution in [1.82, 2.24) is 0 Å². The van der Waals surface area contributed by atoms with Crippen molar-refractivity contribution >= 4 is 17.5 Å². The van der Waals surface area contributed by atoms with Gasteiger partial charge in [-0.25, -0.2) is 14.3 Å². The third-order valence-corrected chi connectivity index (χ3v) is 4.67. The smallest absolute Gasteiger partial charge is 0.419 e. The molecule has 0 aromatic heterocycles. The molecule has 1 aromatic rings. The van der Waals surface area contributed by atoms with Crippen LogP contribution < -0.4 is 4.90 Å². The molecule has 0 saturated carbocycles. The van der Waals surface area contributed by atoms with Gasteiger partial charge < -0.3 is 5.11 Å². The molecule has 1 heterocycles. The summed E-state index contributed by atoms with van der Waals surface area (Å²) in [6, 6.07) is 6.35. The van der Waals surface area contributed by atoms with E-state index in [1.165, 1.54) is 11.1 Å². The summed E-state index contributed by atoms with van der Waals surface area (Å²) >= 11 is 0. The molecule has 24 heavy (non-hydrogen) atoms. The van der Waals surface area contributed by atoms with E-state index in [1.54, 1.807) is 0 Å². The molecule has 0 amide bonds. The van der Waals surface area contributed by atoms with Gasteiger partial charge in [0, 0.05) is 11.1 Å². The summed E-state index contributed by atoms with van der Waals surface area (Å²) < 4.78 is 2.01. The summed E-state index contributed by atoms with van der Waals surface area (Å²) in [6.07, 6.45) is 0. The minimum absolute atomic E-state index is 0.215. The zero-order valence-electron chi connectivity index (χ0n) is 16.1. The largest absolute Gasteiger partial charge is 0.472 e. The predicted molar refractivity (Wildman–Crippen MR) is 99.5 cm³/mol. The molecule has 1 aliphatic heterocycles. The highest BCUT2D eigenvalue weighted by Gasteiger charge is 2.43. The third kappa shape index (κ3) is 3.33. The molecule has 1 N–H and O–H groups in total. The molecule has 0 radical (unpaired) electrons. The molecule has 0 atom stereocenters. The van der Waals surface area contributed by atoms with Crippen LogP contribution in [0.2, 0.25) is 0 Å². The van der Waals surface area contributed by atoms with Gasteiger partial charge in [0.1, 0.15) is 18.8 Å². The van der Waals surface area contributed by atoms with Gasteiger partial charge in [-0.05, 0) is 32.6 Å². The molecule has 0 unspecified atom stereocenters. The summed E-state index contributed by atoms with van der Waals surface area (Å²) in [5.41, 5.74) is 3.31. The average molecular weight is 331 g/mol. The topological polar surface area (TPSA) is 43.5 Å². The van der Waals surface area contributed by atoms with Gasteiger partial charge >= 0.3 is 11.8 Å². The molecule has 132 valence electrons. The first-order valence-corrected chi connectivity index (χ1v) is 8.84. The highest BCUT2D eigenvalue weighted by Crippen LogP contribution is 2.36. The molecule has 1 aliphatic rings. The number of anilines is 1. The molecule has 0 saturated heterocycles. The molecule has 0 fully saturated rings. The van der Waals surface area contributed by atoms with Crippen LogP contribution in [0.1, 0.15) is 71.4 Å². The fourth-order valence-corrected chi connectivity index (χ4v) is 3.48. The van der Waals surface area contributed by atoms with Gasteiger partial charge in [-0.1, -0.05) is 45.9 Å². The highest BCUT2D eigenvalue weighted by atomic mass is 16.4. The molecule has 4 nitrogen and oxygen atoms in total. The lowest BCUT2D eigenvalue weighted by atomic mass is 9.92. The van der Waals surface area contributed by atoms with E-state index < -0.39 is 5.97 Å². The number of carboxylic acid groups (broad SMARTS) is 1. The van der Waals surface area contributed by atoms with Crippen LogP contribution in [0.3, 0.4) is 0 Å². The molecule has 0 bridgehead atoms. The van der Waals surface area contributed by atoms with E-state index in [0.717, 1.165) is 12.2 Å². The summed E-state index contributed by atoms with van der Waals surface area (Å²) in [5.74, 6) is 0.239. The van der Waals surface area contributed by atoms with Crippen molar-refractivity contribution < 1.29 is 14.5 Å². The highest BCUT2D eigenvalue weighted by molar-refractivity contribution is 6.38. The number of carboxylic acids is 1. The zero-order chi connectivity index (χ0) is 18.2. The Labute approximate surface area is 145 Å². The fraction of sp³-hybridized carbons (Fsp3) is 0.600. The van der Waals surface area contributed by atoms with Crippen molar-refractivity contribution in [2.75, 3.05) is 18.0 Å². The van der Waals surface area contributed by atoms with Crippen molar-refractivity contribution in [3.63, 3.8) is 0 Å². The maximum Gasteiger partial charge on any atom is 0.419 e. The van der Waals surface area contributed by atoms with Crippen molar-refractivity contribution in [1.29, 1.82) is 0 Å². The van der Waals surface area contributed by atoms with Crippen molar-refractivity contribution in [2.45, 2.75) is 65.8 Å². The SMILES string of the molecule is CC(C)c1cccc(C(C)C)c1N1CC[N+](C(C)(C)C)=C1C(=O)O. The Balaban J connectivity index is 2.72.